The molecule has 0 saturated heterocycles. The predicted molar refractivity (Wildman–Crippen MR) is 67.3 cm³/mol. The number of hydrogen-bond donors (Lipinski definition) is 0. The molecule has 1 aromatic carbocycles. The van der Waals surface area contributed by atoms with Gasteiger partial charge < -0.3 is 0 Å². The van der Waals surface area contributed by atoms with Crippen molar-refractivity contribution in [3.05, 3.63) is 42.6 Å². The maximum atomic E-state index is 10.2. The van der Waals surface area contributed by atoms with E-state index < -0.39 is 0 Å². The molecule has 1 heterocycles. The fourth-order valence-corrected chi connectivity index (χ4v) is 1.27. The van der Waals surface area contributed by atoms with Crippen molar-refractivity contribution in [2.24, 2.45) is 0 Å². The van der Waals surface area contributed by atoms with E-state index in [1.165, 1.54) is 5.39 Å². The van der Waals surface area contributed by atoms with Crippen LogP contribution in [0.1, 0.15) is 26.7 Å². The first-order valence-electron chi connectivity index (χ1n) is 5.59. The molecule has 0 aliphatic rings. The minimum Gasteiger partial charge on any atom is -0.300 e. The standard InChI is InChI=1S/C9H7N.C5H10O/c1-2-6-9-8(4-1)5-3-7-10-9;1-3-5(6)4-2/h1-7H;3-4H2,1-2H3. The van der Waals surface area contributed by atoms with Gasteiger partial charge in [0.15, 0.2) is 0 Å². The Morgan fingerprint density at radius 2 is 1.69 bits per heavy atom. The van der Waals surface area contributed by atoms with Crippen LogP contribution in [0, 0.1) is 0 Å². The molecular weight excluding hydrogens is 198 g/mol. The molecule has 0 atom stereocenters. The number of rotatable bonds is 2. The highest BCUT2D eigenvalue weighted by atomic mass is 16.1. The smallest absolute Gasteiger partial charge is 0.132 e. The number of pyridine rings is 1. The van der Waals surface area contributed by atoms with E-state index >= 15 is 0 Å². The summed E-state index contributed by atoms with van der Waals surface area (Å²) >= 11 is 0. The fourth-order valence-electron chi connectivity index (χ4n) is 1.27. The largest absolute Gasteiger partial charge is 0.300 e. The van der Waals surface area contributed by atoms with E-state index in [1.807, 2.05) is 44.3 Å². The minimum atomic E-state index is 0.343. The lowest BCUT2D eigenvalue weighted by atomic mass is 10.2. The Labute approximate surface area is 96.3 Å². The number of aromatic nitrogens is 1. The monoisotopic (exact) mass is 215 g/mol. The summed E-state index contributed by atoms with van der Waals surface area (Å²) in [6, 6.07) is 12.1. The number of ketones is 1. The molecular formula is C14H17NO. The Balaban J connectivity index is 0.000000187. The van der Waals surface area contributed by atoms with Crippen LogP contribution in [0.3, 0.4) is 0 Å². The molecule has 1 aromatic heterocycles. The lowest BCUT2D eigenvalue weighted by Gasteiger charge is -1.91. The highest BCUT2D eigenvalue weighted by Gasteiger charge is 1.87. The van der Waals surface area contributed by atoms with Gasteiger partial charge in [-0.15, -0.1) is 0 Å². The molecule has 84 valence electrons. The Hall–Kier alpha value is -1.70. The van der Waals surface area contributed by atoms with E-state index in [9.17, 15) is 4.79 Å². The highest BCUT2D eigenvalue weighted by molar-refractivity contribution is 5.78. The van der Waals surface area contributed by atoms with Gasteiger partial charge in [0.1, 0.15) is 5.78 Å². The summed E-state index contributed by atoms with van der Waals surface area (Å²) in [7, 11) is 0. The summed E-state index contributed by atoms with van der Waals surface area (Å²) in [4.78, 5) is 14.4. The van der Waals surface area contributed by atoms with Gasteiger partial charge in [0.05, 0.1) is 5.52 Å². The molecule has 0 bridgehead atoms. The van der Waals surface area contributed by atoms with Gasteiger partial charge in [0, 0.05) is 24.4 Å². The summed E-state index contributed by atoms with van der Waals surface area (Å²) in [5.41, 5.74) is 1.06. The molecule has 2 heteroatoms. The first-order chi connectivity index (χ1) is 7.77. The lowest BCUT2D eigenvalue weighted by Crippen LogP contribution is -1.88. The summed E-state index contributed by atoms with van der Waals surface area (Å²) < 4.78 is 0. The molecule has 0 unspecified atom stereocenters. The summed E-state index contributed by atoms with van der Waals surface area (Å²) in [5, 5.41) is 1.20. The number of Topliss-reactive ketones (excluding diaryl/α,β-unsaturated/α-hetero) is 1. The topological polar surface area (TPSA) is 30.0 Å². The van der Waals surface area contributed by atoms with Crippen LogP contribution < -0.4 is 0 Å². The second-order valence-corrected chi connectivity index (χ2v) is 3.44. The molecule has 0 aliphatic carbocycles. The van der Waals surface area contributed by atoms with E-state index in [-0.39, 0.29) is 0 Å². The maximum absolute atomic E-state index is 10.2. The number of hydrogen-bond acceptors (Lipinski definition) is 2. The second-order valence-electron chi connectivity index (χ2n) is 3.44. The van der Waals surface area contributed by atoms with Crippen LogP contribution in [0.5, 0.6) is 0 Å². The third-order valence-electron chi connectivity index (χ3n) is 2.30. The number of carbonyl (C=O) groups excluding carboxylic acids is 1. The van der Waals surface area contributed by atoms with E-state index in [0.717, 1.165) is 5.52 Å². The predicted octanol–water partition coefficient (Wildman–Crippen LogP) is 3.61. The molecule has 0 N–H and O–H groups in total. The molecule has 0 spiro atoms. The van der Waals surface area contributed by atoms with Crippen LogP contribution in [-0.2, 0) is 4.79 Å². The van der Waals surface area contributed by atoms with Gasteiger partial charge in [-0.1, -0.05) is 38.1 Å². The van der Waals surface area contributed by atoms with E-state index in [1.54, 1.807) is 0 Å². The van der Waals surface area contributed by atoms with Gasteiger partial charge in [0.25, 0.3) is 0 Å². The molecule has 0 aliphatic heterocycles. The Morgan fingerprint density at radius 3 is 2.25 bits per heavy atom. The molecule has 0 saturated carbocycles. The molecule has 16 heavy (non-hydrogen) atoms. The van der Waals surface area contributed by atoms with Gasteiger partial charge >= 0.3 is 0 Å². The van der Waals surface area contributed by atoms with E-state index in [0.29, 0.717) is 18.6 Å². The van der Waals surface area contributed by atoms with Crippen LogP contribution >= 0.6 is 0 Å². The van der Waals surface area contributed by atoms with Crippen molar-refractivity contribution in [1.29, 1.82) is 0 Å². The van der Waals surface area contributed by atoms with Gasteiger partial charge in [0.2, 0.25) is 0 Å². The molecule has 0 radical (unpaired) electrons. The Kier molecular flexibility index (Phi) is 5.20. The van der Waals surface area contributed by atoms with Gasteiger partial charge in [-0.2, -0.15) is 0 Å². The minimum absolute atomic E-state index is 0.343. The Bertz CT molecular complexity index is 380. The molecule has 2 aromatic rings. The third kappa shape index (κ3) is 3.81. The SMILES string of the molecule is CCC(=O)CC.c1ccc2ncccc2c1. The maximum Gasteiger partial charge on any atom is 0.132 e. The number of benzene rings is 1. The van der Waals surface area contributed by atoms with E-state index in [2.05, 4.69) is 17.1 Å². The highest BCUT2D eigenvalue weighted by Crippen LogP contribution is 2.07. The van der Waals surface area contributed by atoms with Crippen molar-refractivity contribution in [3.8, 4) is 0 Å². The zero-order chi connectivity index (χ0) is 11.8. The van der Waals surface area contributed by atoms with E-state index in [4.69, 9.17) is 0 Å². The van der Waals surface area contributed by atoms with Crippen LogP contribution in [-0.4, -0.2) is 10.8 Å². The summed E-state index contributed by atoms with van der Waals surface area (Å²) in [6.45, 7) is 3.76. The first kappa shape index (κ1) is 12.4. The molecule has 2 nitrogen and oxygen atoms in total. The number of fused-ring (bicyclic) bond motifs is 1. The number of para-hydroxylation sites is 1. The lowest BCUT2D eigenvalue weighted by molar-refractivity contribution is -0.118. The normalized spacial score (nSPS) is 9.38. The van der Waals surface area contributed by atoms with Crippen LogP contribution in [0.25, 0.3) is 10.9 Å². The van der Waals surface area contributed by atoms with Crippen LogP contribution in [0.15, 0.2) is 42.6 Å². The summed E-state index contributed by atoms with van der Waals surface area (Å²) in [5.74, 6) is 0.343. The van der Waals surface area contributed by atoms with Crippen molar-refractivity contribution >= 4 is 16.7 Å². The molecule has 2 rings (SSSR count). The summed E-state index contributed by atoms with van der Waals surface area (Å²) in [6.07, 6.45) is 3.19. The van der Waals surface area contributed by atoms with Crippen molar-refractivity contribution in [2.75, 3.05) is 0 Å². The molecule has 0 fully saturated rings. The van der Waals surface area contributed by atoms with Crippen LogP contribution in [0.2, 0.25) is 0 Å². The fraction of sp³-hybridized carbons (Fsp3) is 0.286. The quantitative estimate of drug-likeness (QED) is 0.766. The molecule has 0 amide bonds. The average Bonchev–Trinajstić information content (AvgIpc) is 2.38. The Morgan fingerprint density at radius 1 is 1.06 bits per heavy atom. The third-order valence-corrected chi connectivity index (χ3v) is 2.30. The zero-order valence-corrected chi connectivity index (χ0v) is 9.81. The van der Waals surface area contributed by atoms with Crippen molar-refractivity contribution in [3.63, 3.8) is 0 Å². The van der Waals surface area contributed by atoms with Crippen molar-refractivity contribution in [1.82, 2.24) is 4.98 Å². The van der Waals surface area contributed by atoms with Gasteiger partial charge in [-0.05, 0) is 12.1 Å². The van der Waals surface area contributed by atoms with Crippen molar-refractivity contribution < 1.29 is 4.79 Å². The van der Waals surface area contributed by atoms with Crippen molar-refractivity contribution in [2.45, 2.75) is 26.7 Å². The average molecular weight is 215 g/mol. The zero-order valence-electron chi connectivity index (χ0n) is 9.81. The van der Waals surface area contributed by atoms with Gasteiger partial charge in [-0.25, -0.2) is 0 Å². The van der Waals surface area contributed by atoms with Gasteiger partial charge in [-0.3, -0.25) is 9.78 Å². The number of carbonyl (C=O) groups is 1. The number of nitrogens with zero attached hydrogens (tertiary/aromatic N) is 1. The second kappa shape index (κ2) is 6.72. The first-order valence-corrected chi connectivity index (χ1v) is 5.59. The van der Waals surface area contributed by atoms with Crippen LogP contribution in [0.4, 0.5) is 0 Å².